The van der Waals surface area contributed by atoms with E-state index in [4.69, 9.17) is 14.2 Å². The van der Waals surface area contributed by atoms with Gasteiger partial charge in [-0.25, -0.2) is 4.79 Å². The number of nitrogens with one attached hydrogen (secondary N) is 1. The van der Waals surface area contributed by atoms with Crippen molar-refractivity contribution in [2.24, 2.45) is 0 Å². The Morgan fingerprint density at radius 2 is 1.62 bits per heavy atom. The topological polar surface area (TPSA) is 100 Å². The van der Waals surface area contributed by atoms with Crippen LogP contribution < -0.4 is 19.5 Å². The number of rotatable bonds is 15. The van der Waals surface area contributed by atoms with Crippen molar-refractivity contribution in [3.05, 3.63) is 47.2 Å². The summed E-state index contributed by atoms with van der Waals surface area (Å²) in [6, 6.07) is 11.9. The Morgan fingerprint density at radius 1 is 1.00 bits per heavy atom. The molecule has 2 amide bonds. The van der Waals surface area contributed by atoms with Gasteiger partial charge in [0.25, 0.3) is 0 Å². The molecule has 9 heteroatoms. The predicted molar refractivity (Wildman–Crippen MR) is 168 cm³/mol. The zero-order chi connectivity index (χ0) is 31.1. The molecule has 1 aliphatic rings. The van der Waals surface area contributed by atoms with Crippen LogP contribution in [-0.4, -0.2) is 82.0 Å². The SMILES string of the molecule is CCCCCC(C)NC=O.CCCCN1CC[N+](C)([O-])C(=O)C1Cc1ccc(-c2cc(OC)c(OC)c(OC)c2)cc1. The van der Waals surface area contributed by atoms with Gasteiger partial charge in [-0.3, -0.25) is 14.3 Å². The molecule has 0 aromatic heterocycles. The lowest BCUT2D eigenvalue weighted by Gasteiger charge is -2.46. The van der Waals surface area contributed by atoms with Crippen LogP contribution in [0.25, 0.3) is 11.1 Å². The van der Waals surface area contributed by atoms with E-state index in [9.17, 15) is 14.8 Å². The highest BCUT2D eigenvalue weighted by molar-refractivity contribution is 5.77. The minimum absolute atomic E-state index is 0.249. The van der Waals surface area contributed by atoms with Crippen LogP contribution in [0.1, 0.15) is 64.9 Å². The monoisotopic (exact) mass is 585 g/mol. The van der Waals surface area contributed by atoms with Crippen molar-refractivity contribution in [1.82, 2.24) is 10.2 Å². The first kappa shape index (κ1) is 35.1. The Labute approximate surface area is 252 Å². The molecular weight excluding hydrogens is 534 g/mol. The van der Waals surface area contributed by atoms with E-state index in [0.29, 0.717) is 42.8 Å². The van der Waals surface area contributed by atoms with E-state index in [0.717, 1.165) is 48.9 Å². The standard InChI is InChI=1S/C25H34N2O5.C8H17NO/c1-6-7-12-26-13-14-27(2,29)25(28)21(26)15-18-8-10-19(11-9-18)20-16-22(30-3)24(32-5)23(17-20)31-4;1-3-4-5-6-8(2)9-7-10/h8-11,16-17,21H,6-7,12-15H2,1-5H3;7-8H,3-6H2,1-2H3,(H,9,10). The quantitative estimate of drug-likeness (QED) is 0.126. The van der Waals surface area contributed by atoms with Gasteiger partial charge in [0.05, 0.1) is 34.9 Å². The highest BCUT2D eigenvalue weighted by atomic mass is 16.6. The number of quaternary nitrogens is 1. The number of benzene rings is 2. The van der Waals surface area contributed by atoms with Crippen LogP contribution in [-0.2, 0) is 16.0 Å². The van der Waals surface area contributed by atoms with Gasteiger partial charge in [-0.1, -0.05) is 63.8 Å². The van der Waals surface area contributed by atoms with Gasteiger partial charge in [0.15, 0.2) is 11.5 Å². The number of likely N-dealkylation sites (N-methyl/N-ethyl adjacent to an activating group) is 1. The molecule has 1 N–H and O–H groups in total. The minimum Gasteiger partial charge on any atom is -0.625 e. The van der Waals surface area contributed by atoms with Gasteiger partial charge in [-0.2, -0.15) is 0 Å². The molecule has 0 aliphatic carbocycles. The molecule has 1 fully saturated rings. The van der Waals surface area contributed by atoms with Crippen LogP contribution in [0, 0.1) is 5.21 Å². The second-order valence-corrected chi connectivity index (χ2v) is 11.1. The van der Waals surface area contributed by atoms with Crippen molar-refractivity contribution in [3.63, 3.8) is 0 Å². The molecule has 2 aromatic carbocycles. The lowest BCUT2D eigenvalue weighted by atomic mass is 9.97. The predicted octanol–water partition coefficient (Wildman–Crippen LogP) is 5.58. The van der Waals surface area contributed by atoms with Gasteiger partial charge in [-0.15, -0.1) is 0 Å². The Kier molecular flexibility index (Phi) is 14.8. The van der Waals surface area contributed by atoms with Crippen molar-refractivity contribution in [2.45, 2.75) is 77.8 Å². The third kappa shape index (κ3) is 10.00. The highest BCUT2D eigenvalue weighted by Gasteiger charge is 2.40. The molecule has 9 nitrogen and oxygen atoms in total. The summed E-state index contributed by atoms with van der Waals surface area (Å²) in [4.78, 5) is 25.0. The Balaban J connectivity index is 0.000000528. The number of hydroxylamine groups is 3. The van der Waals surface area contributed by atoms with E-state index in [2.05, 4.69) is 24.1 Å². The summed E-state index contributed by atoms with van der Waals surface area (Å²) >= 11 is 0. The van der Waals surface area contributed by atoms with Gasteiger partial charge >= 0.3 is 5.91 Å². The van der Waals surface area contributed by atoms with Crippen LogP contribution in [0.5, 0.6) is 17.2 Å². The number of piperazine rings is 1. The molecular formula is C33H51N3O6. The largest absolute Gasteiger partial charge is 0.625 e. The van der Waals surface area contributed by atoms with Crippen molar-refractivity contribution in [3.8, 4) is 28.4 Å². The summed E-state index contributed by atoms with van der Waals surface area (Å²) < 4.78 is 15.5. The summed E-state index contributed by atoms with van der Waals surface area (Å²) in [5.74, 6) is 1.49. The fourth-order valence-electron chi connectivity index (χ4n) is 5.11. The molecule has 1 saturated heterocycles. The highest BCUT2D eigenvalue weighted by Crippen LogP contribution is 2.41. The maximum atomic E-state index is 12.9. The molecule has 0 radical (unpaired) electrons. The van der Waals surface area contributed by atoms with Gasteiger partial charge < -0.3 is 24.7 Å². The maximum Gasteiger partial charge on any atom is 0.331 e. The Morgan fingerprint density at radius 3 is 2.14 bits per heavy atom. The van der Waals surface area contributed by atoms with Gasteiger partial charge in [-0.05, 0) is 55.1 Å². The number of carbonyl (C=O) groups is 2. The van der Waals surface area contributed by atoms with Gasteiger partial charge in [0.1, 0.15) is 6.04 Å². The molecule has 1 heterocycles. The van der Waals surface area contributed by atoms with Crippen molar-refractivity contribution < 1.29 is 28.4 Å². The first-order valence-electron chi connectivity index (χ1n) is 15.1. The summed E-state index contributed by atoms with van der Waals surface area (Å²) in [6.45, 7) is 8.16. The average Bonchev–Trinajstić information content (AvgIpc) is 2.99. The molecule has 3 unspecified atom stereocenters. The third-order valence-corrected chi connectivity index (χ3v) is 7.78. The van der Waals surface area contributed by atoms with E-state index in [1.165, 1.54) is 26.3 Å². The van der Waals surface area contributed by atoms with E-state index in [-0.39, 0.29) is 11.9 Å². The fourth-order valence-corrected chi connectivity index (χ4v) is 5.11. The van der Waals surface area contributed by atoms with E-state index in [1.54, 1.807) is 21.3 Å². The van der Waals surface area contributed by atoms with Crippen molar-refractivity contribution in [2.75, 3.05) is 48.0 Å². The molecule has 3 rings (SSSR count). The first-order valence-corrected chi connectivity index (χ1v) is 15.1. The van der Waals surface area contributed by atoms with Gasteiger partial charge in [0, 0.05) is 19.0 Å². The average molecular weight is 586 g/mol. The Hall–Kier alpha value is -3.14. The minimum atomic E-state index is -0.795. The zero-order valence-corrected chi connectivity index (χ0v) is 26.6. The second kappa shape index (κ2) is 17.7. The Bertz CT molecular complexity index is 1080. The number of ether oxygens (including phenoxy) is 3. The second-order valence-electron chi connectivity index (χ2n) is 11.1. The summed E-state index contributed by atoms with van der Waals surface area (Å²) in [5, 5.41) is 15.3. The third-order valence-electron chi connectivity index (χ3n) is 7.78. The number of carbonyl (C=O) groups excluding carboxylic acids is 2. The molecule has 2 aromatic rings. The molecule has 0 bridgehead atoms. The van der Waals surface area contributed by atoms with Gasteiger partial charge in [0.2, 0.25) is 12.2 Å². The number of amides is 2. The van der Waals surface area contributed by atoms with E-state index >= 15 is 0 Å². The molecule has 3 atom stereocenters. The van der Waals surface area contributed by atoms with E-state index in [1.807, 2.05) is 43.3 Å². The van der Waals surface area contributed by atoms with Crippen molar-refractivity contribution >= 4 is 12.3 Å². The summed E-state index contributed by atoms with van der Waals surface area (Å²) in [6.07, 6.45) is 8.23. The number of hydrogen-bond donors (Lipinski definition) is 1. The van der Waals surface area contributed by atoms with Crippen LogP contribution in [0.3, 0.4) is 0 Å². The smallest absolute Gasteiger partial charge is 0.331 e. The summed E-state index contributed by atoms with van der Waals surface area (Å²) in [7, 11) is 6.24. The number of methoxy groups -OCH3 is 3. The fraction of sp³-hybridized carbons (Fsp3) is 0.576. The van der Waals surface area contributed by atoms with Crippen LogP contribution in [0.2, 0.25) is 0 Å². The normalized spacial score (nSPS) is 19.3. The first-order chi connectivity index (χ1) is 20.1. The van der Waals surface area contributed by atoms with Crippen LogP contribution >= 0.6 is 0 Å². The molecule has 234 valence electrons. The van der Waals surface area contributed by atoms with Crippen LogP contribution in [0.4, 0.5) is 0 Å². The number of unbranched alkanes of at least 4 members (excludes halogenated alkanes) is 3. The lowest BCUT2D eigenvalue weighted by molar-refractivity contribution is -0.788. The van der Waals surface area contributed by atoms with Crippen molar-refractivity contribution in [1.29, 1.82) is 0 Å². The molecule has 1 aliphatic heterocycles. The number of nitrogens with zero attached hydrogens (tertiary/aromatic N) is 2. The molecule has 42 heavy (non-hydrogen) atoms. The van der Waals surface area contributed by atoms with Crippen LogP contribution in [0.15, 0.2) is 36.4 Å². The maximum absolute atomic E-state index is 12.9. The molecule has 0 spiro atoms. The lowest BCUT2D eigenvalue weighted by Crippen LogP contribution is -2.63. The molecule has 0 saturated carbocycles. The summed E-state index contributed by atoms with van der Waals surface area (Å²) in [5.41, 5.74) is 2.96. The van der Waals surface area contributed by atoms with E-state index < -0.39 is 4.65 Å². The zero-order valence-electron chi connectivity index (χ0n) is 26.6. The number of hydrogen-bond acceptors (Lipinski definition) is 7.